The number of aromatic hydroxyl groups is 1. The number of fused-ring (bicyclic) bond motifs is 8. The number of amides is 1. The molecule has 2 aromatic carbocycles. The van der Waals surface area contributed by atoms with E-state index in [1.165, 1.54) is 39.4 Å². The molecule has 1 amide bonds. The van der Waals surface area contributed by atoms with E-state index in [-0.39, 0.29) is 70.6 Å². The van der Waals surface area contributed by atoms with E-state index >= 15 is 0 Å². The van der Waals surface area contributed by atoms with Crippen LogP contribution in [0.5, 0.6) is 28.7 Å². The van der Waals surface area contributed by atoms with Gasteiger partial charge in [-0.2, -0.15) is 0 Å². The zero-order chi connectivity index (χ0) is 52.3. The van der Waals surface area contributed by atoms with Crippen molar-refractivity contribution in [2.45, 2.75) is 145 Å². The second kappa shape index (κ2) is 20.6. The number of rotatable bonds is 11. The van der Waals surface area contributed by atoms with Crippen molar-refractivity contribution in [1.29, 1.82) is 0 Å². The van der Waals surface area contributed by atoms with Crippen molar-refractivity contribution in [3.8, 4) is 52.4 Å². The Morgan fingerprint density at radius 2 is 1.78 bits per heavy atom. The maximum Gasteiger partial charge on any atom is 0.329 e. The monoisotopic (exact) mass is 1030 g/mol. The summed E-state index contributed by atoms with van der Waals surface area (Å²) >= 11 is 6.86. The molecular weight excluding hydrogens is 970 g/mol. The minimum Gasteiger partial charge on any atom is -0.507 e. The summed E-state index contributed by atoms with van der Waals surface area (Å²) < 4.78 is 61.9. The number of hydrogen-bond donors (Lipinski definition) is 5. The Kier molecular flexibility index (Phi) is 14.7. The second-order valence-electron chi connectivity index (χ2n) is 19.7. The summed E-state index contributed by atoms with van der Waals surface area (Å²) in [7, 11) is 6.58. The van der Waals surface area contributed by atoms with E-state index in [1.54, 1.807) is 31.2 Å². The number of ether oxygens (including phenoxy) is 10. The highest BCUT2D eigenvalue weighted by atomic mass is 35.5. The summed E-state index contributed by atoms with van der Waals surface area (Å²) in [6.45, 7) is 8.20. The molecule has 5 aliphatic heterocycles. The van der Waals surface area contributed by atoms with Crippen LogP contribution in [0.25, 0.3) is 10.8 Å². The fraction of sp³-hybridized carbons (Fsp3) is 0.528. The van der Waals surface area contributed by atoms with Crippen molar-refractivity contribution in [2.75, 3.05) is 34.9 Å². The highest BCUT2D eigenvalue weighted by Crippen LogP contribution is 2.54. The molecule has 3 saturated heterocycles. The van der Waals surface area contributed by atoms with Crippen LogP contribution in [0.4, 0.5) is 0 Å². The van der Waals surface area contributed by atoms with E-state index < -0.39 is 103 Å². The summed E-state index contributed by atoms with van der Waals surface area (Å²) in [6.07, 6.45) is -6.35. The lowest BCUT2D eigenvalue weighted by molar-refractivity contribution is -0.290. The van der Waals surface area contributed by atoms with Crippen molar-refractivity contribution in [3.63, 3.8) is 0 Å². The van der Waals surface area contributed by atoms with Crippen LogP contribution in [0.15, 0.2) is 53.6 Å². The molecule has 1 spiro atoms. The Bertz CT molecular complexity index is 2840. The van der Waals surface area contributed by atoms with Gasteiger partial charge in [-0.15, -0.1) is 0 Å². The summed E-state index contributed by atoms with van der Waals surface area (Å²) in [5.74, 6) is 11.4. The van der Waals surface area contributed by atoms with Gasteiger partial charge in [-0.25, -0.2) is 9.78 Å². The molecule has 0 radical (unpaired) electrons. The lowest BCUT2D eigenvalue weighted by Gasteiger charge is -2.43. The van der Waals surface area contributed by atoms with Gasteiger partial charge >= 0.3 is 5.97 Å². The van der Waals surface area contributed by atoms with E-state index in [9.17, 15) is 30.0 Å². The number of aliphatic hydroxyl groups is 3. The number of allylic oxidation sites excluding steroid dienone is 1. The number of benzene rings is 2. The molecule has 19 nitrogen and oxygen atoms in total. The number of carbonyl (C=O) groups is 2. The van der Waals surface area contributed by atoms with E-state index in [2.05, 4.69) is 34.0 Å². The predicted octanol–water partition coefficient (Wildman–Crippen LogP) is 3.51. The van der Waals surface area contributed by atoms with Crippen molar-refractivity contribution in [2.24, 2.45) is 0 Å². The van der Waals surface area contributed by atoms with E-state index in [4.69, 9.17) is 59.0 Å². The Morgan fingerprint density at radius 1 is 1.03 bits per heavy atom. The number of nitrogens with one attached hydrogen (secondary N) is 1. The van der Waals surface area contributed by atoms with Crippen LogP contribution in [0, 0.1) is 23.7 Å². The molecular formula is C53H60ClN3O16. The van der Waals surface area contributed by atoms with Crippen LogP contribution in [-0.4, -0.2) is 168 Å². The van der Waals surface area contributed by atoms with E-state index in [0.717, 1.165) is 0 Å². The van der Waals surface area contributed by atoms with Gasteiger partial charge in [-0.3, -0.25) is 4.79 Å². The van der Waals surface area contributed by atoms with Crippen molar-refractivity contribution in [3.05, 3.63) is 70.0 Å². The number of likely N-dealkylation sites (N-methyl/N-ethyl adjacent to an activating group) is 1. The van der Waals surface area contributed by atoms with Crippen molar-refractivity contribution in [1.82, 2.24) is 15.2 Å². The lowest BCUT2D eigenvalue weighted by Crippen LogP contribution is -2.57. The smallest absolute Gasteiger partial charge is 0.329 e. The molecule has 14 atom stereocenters. The molecule has 1 aromatic heterocycles. The normalized spacial score (nSPS) is 33.6. The molecule has 20 heteroatoms. The number of methoxy groups -OCH3 is 2. The molecule has 5 bridgehead atoms. The van der Waals surface area contributed by atoms with Gasteiger partial charge in [0.2, 0.25) is 5.75 Å². The number of pyridine rings is 1. The molecule has 10 rings (SSSR count). The first-order chi connectivity index (χ1) is 34.7. The Balaban J connectivity index is 1.09. The van der Waals surface area contributed by atoms with Crippen LogP contribution in [0.3, 0.4) is 0 Å². The third-order valence-corrected chi connectivity index (χ3v) is 14.1. The molecule has 6 heterocycles. The summed E-state index contributed by atoms with van der Waals surface area (Å²) in [5.41, 5.74) is -2.05. The topological polar surface area (TPSA) is 239 Å². The number of phenols is 1. The largest absolute Gasteiger partial charge is 0.507 e. The first-order valence-corrected chi connectivity index (χ1v) is 24.5. The average molecular weight is 1030 g/mol. The molecule has 5 N–H and O–H groups in total. The van der Waals surface area contributed by atoms with Gasteiger partial charge in [-0.1, -0.05) is 35.3 Å². The molecule has 0 saturated carbocycles. The minimum atomic E-state index is -1.55. The van der Waals surface area contributed by atoms with Gasteiger partial charge in [0, 0.05) is 47.6 Å². The van der Waals surface area contributed by atoms with Crippen LogP contribution < -0.4 is 24.3 Å². The lowest BCUT2D eigenvalue weighted by atomic mass is 9.88. The van der Waals surface area contributed by atoms with Gasteiger partial charge < -0.3 is 78.0 Å². The van der Waals surface area contributed by atoms with E-state index in [1.807, 2.05) is 39.8 Å². The highest BCUT2D eigenvalue weighted by molar-refractivity contribution is 6.30. The predicted molar refractivity (Wildman–Crippen MR) is 261 cm³/mol. The number of nitrogens with zero attached hydrogens (tertiary/aromatic N) is 2. The van der Waals surface area contributed by atoms with Crippen LogP contribution >= 0.6 is 11.6 Å². The quantitative estimate of drug-likeness (QED) is 0.0800. The number of hydrogen-bond acceptors (Lipinski definition) is 18. The second-order valence-corrected chi connectivity index (χ2v) is 20.1. The molecule has 3 fully saturated rings. The van der Waals surface area contributed by atoms with Gasteiger partial charge in [0.25, 0.3) is 5.91 Å². The summed E-state index contributed by atoms with van der Waals surface area (Å²) in [5, 5.41) is 48.0. The molecule has 3 aromatic rings. The van der Waals surface area contributed by atoms with E-state index in [0.29, 0.717) is 22.1 Å². The molecule has 390 valence electrons. The SMILES string of the molecule is COc1c(OC(C)C)cc2cc(O)c(C(=O)NC3Cc4ccc(c(Cl)n4)O[C@@H]4C=C5C#CC(=CC#C[C@@H]6OC56[C@H]4O[C@H]4C[C@@](C)(O)[C@@H](O)[C@H](C)O4)C(O[C@H]4C[C@H](O)[C@H](N(C)C)[C@H](C)O4)COC3=O)cc2c1OC. The number of esters is 1. The fourth-order valence-electron chi connectivity index (χ4n) is 10.3. The summed E-state index contributed by atoms with van der Waals surface area (Å²) in [4.78, 5) is 35.3. The van der Waals surface area contributed by atoms with Gasteiger partial charge in [-0.05, 0) is 90.5 Å². The van der Waals surface area contributed by atoms with Crippen LogP contribution in [0.1, 0.15) is 63.5 Å². The van der Waals surface area contributed by atoms with Crippen molar-refractivity contribution < 1.29 is 77.4 Å². The number of carbonyl (C=O) groups excluding carboxylic acids is 2. The molecule has 73 heavy (non-hydrogen) atoms. The first kappa shape index (κ1) is 52.2. The number of aromatic nitrogens is 1. The Hall–Kier alpha value is -5.68. The van der Waals surface area contributed by atoms with Gasteiger partial charge in [0.05, 0.1) is 55.8 Å². The van der Waals surface area contributed by atoms with Gasteiger partial charge in [0.1, 0.15) is 42.8 Å². The number of epoxide rings is 1. The van der Waals surface area contributed by atoms with Crippen molar-refractivity contribution >= 4 is 34.2 Å². The molecule has 3 unspecified atom stereocenters. The highest BCUT2D eigenvalue weighted by Gasteiger charge is 2.70. The minimum absolute atomic E-state index is 0.0664. The zero-order valence-electron chi connectivity index (χ0n) is 41.8. The Morgan fingerprint density at radius 3 is 2.47 bits per heavy atom. The maximum absolute atomic E-state index is 14.5. The maximum atomic E-state index is 14.5. The Labute approximate surface area is 427 Å². The van der Waals surface area contributed by atoms with Crippen LogP contribution in [-0.2, 0) is 39.6 Å². The average Bonchev–Trinajstić information content (AvgIpc) is 3.95. The van der Waals surface area contributed by atoms with Gasteiger partial charge in [0.15, 0.2) is 46.7 Å². The molecule has 7 aliphatic rings. The first-order valence-electron chi connectivity index (χ1n) is 24.1. The zero-order valence-corrected chi connectivity index (χ0v) is 42.6. The number of aliphatic hydroxyl groups excluding tert-OH is 2. The number of phenolic OH excluding ortho intramolecular Hbond substituents is 1. The third-order valence-electron chi connectivity index (χ3n) is 13.8. The third kappa shape index (κ3) is 10.3. The standard InChI is InChI=1S/C53H60ClN3O16/c1-25(2)67-38-18-29-17-35(58)33(21-32(29)45(64-8)46(38)65-9)50(61)56-34-20-31-15-16-37(49(54)55-31)70-39-19-30-14-13-28(40(24-66-51(34)62)71-42-22-36(59)44(57(6)7)26(3)68-42)11-10-12-41-53(30,73-41)48(39)72-43-23-52(5,63)47(60)27(4)69-43/h11,15-19,21,25-27,34,36,39-44,47-48,58-60,63H,20,22-24H2,1-9H3,(H,56,61)/t26-,27-,34?,36-,39+,40?,41-,42-,43-,44+,47-,48-,52+,53?/m0/s1. The molecule has 2 aliphatic carbocycles. The number of halogens is 1. The van der Waals surface area contributed by atoms with Crippen LogP contribution in [0.2, 0.25) is 5.15 Å². The fourth-order valence-corrected chi connectivity index (χ4v) is 10.5. The summed E-state index contributed by atoms with van der Waals surface area (Å²) in [6, 6.07) is 5.81.